The van der Waals surface area contributed by atoms with Crippen molar-refractivity contribution in [3.63, 3.8) is 0 Å². The first-order valence-corrected chi connectivity index (χ1v) is 9.26. The molecule has 1 fully saturated rings. The second kappa shape index (κ2) is 8.15. The smallest absolute Gasteiger partial charge is 0.255 e. The van der Waals surface area contributed by atoms with Gasteiger partial charge >= 0.3 is 0 Å². The number of carbonyl (C=O) groups excluding carboxylic acids is 1. The van der Waals surface area contributed by atoms with Crippen molar-refractivity contribution < 1.29 is 4.79 Å². The normalized spacial score (nSPS) is 15.0. The number of aromatic nitrogens is 1. The first-order chi connectivity index (χ1) is 12.2. The zero-order chi connectivity index (χ0) is 17.6. The van der Waals surface area contributed by atoms with Gasteiger partial charge in [0.25, 0.3) is 5.91 Å². The highest BCUT2D eigenvalue weighted by Gasteiger charge is 2.25. The van der Waals surface area contributed by atoms with Gasteiger partial charge in [-0.05, 0) is 44.0 Å². The number of hydrogen-bond acceptors (Lipinski definition) is 3. The molecule has 0 bridgehead atoms. The fourth-order valence-corrected chi connectivity index (χ4v) is 3.62. The molecule has 0 radical (unpaired) electrons. The molecule has 1 saturated carbocycles. The summed E-state index contributed by atoms with van der Waals surface area (Å²) in [4.78, 5) is 21.5. The van der Waals surface area contributed by atoms with Crippen LogP contribution in [0.25, 0.3) is 0 Å². The molecular formula is C21H27N3O. The van der Waals surface area contributed by atoms with Crippen LogP contribution < -0.4 is 4.90 Å². The van der Waals surface area contributed by atoms with Gasteiger partial charge in [-0.25, -0.2) is 4.98 Å². The van der Waals surface area contributed by atoms with E-state index in [-0.39, 0.29) is 5.91 Å². The molecule has 0 spiro atoms. The molecule has 1 aliphatic rings. The molecule has 0 aliphatic heterocycles. The molecule has 0 atom stereocenters. The van der Waals surface area contributed by atoms with Gasteiger partial charge in [0.1, 0.15) is 5.82 Å². The molecule has 1 aromatic heterocycles. The fraction of sp³-hybridized carbons (Fsp3) is 0.429. The quantitative estimate of drug-likeness (QED) is 0.797. The van der Waals surface area contributed by atoms with Gasteiger partial charge in [0.05, 0.1) is 5.56 Å². The molecule has 3 rings (SSSR count). The van der Waals surface area contributed by atoms with Crippen LogP contribution in [-0.4, -0.2) is 35.4 Å². The average molecular weight is 337 g/mol. The van der Waals surface area contributed by atoms with E-state index in [1.165, 1.54) is 19.3 Å². The van der Waals surface area contributed by atoms with E-state index in [4.69, 9.17) is 0 Å². The van der Waals surface area contributed by atoms with Crippen molar-refractivity contribution >= 4 is 17.4 Å². The van der Waals surface area contributed by atoms with Crippen molar-refractivity contribution in [1.82, 2.24) is 9.88 Å². The van der Waals surface area contributed by atoms with Crippen molar-refractivity contribution in [3.8, 4) is 0 Å². The molecular weight excluding hydrogens is 310 g/mol. The van der Waals surface area contributed by atoms with Crippen LogP contribution in [0.15, 0.2) is 48.7 Å². The highest BCUT2D eigenvalue weighted by molar-refractivity contribution is 5.94. The Balaban J connectivity index is 1.73. The Morgan fingerprint density at radius 3 is 2.40 bits per heavy atom. The van der Waals surface area contributed by atoms with Crippen LogP contribution in [0.3, 0.4) is 0 Å². The van der Waals surface area contributed by atoms with Crippen molar-refractivity contribution in [1.29, 1.82) is 0 Å². The summed E-state index contributed by atoms with van der Waals surface area (Å²) in [7, 11) is 1.99. The Hall–Kier alpha value is -2.36. The van der Waals surface area contributed by atoms with Crippen molar-refractivity contribution in [2.45, 2.75) is 45.1 Å². The molecule has 0 saturated heterocycles. The molecule has 0 N–H and O–H groups in total. The van der Waals surface area contributed by atoms with Crippen molar-refractivity contribution in [3.05, 3.63) is 54.2 Å². The summed E-state index contributed by atoms with van der Waals surface area (Å²) in [6.45, 7) is 2.83. The summed E-state index contributed by atoms with van der Waals surface area (Å²) in [5.41, 5.74) is 1.75. The Morgan fingerprint density at radius 1 is 1.08 bits per heavy atom. The van der Waals surface area contributed by atoms with Crippen LogP contribution in [0.2, 0.25) is 0 Å². The van der Waals surface area contributed by atoms with Gasteiger partial charge in [-0.1, -0.05) is 37.5 Å². The molecule has 1 heterocycles. The molecule has 0 unspecified atom stereocenters. The predicted octanol–water partition coefficient (Wildman–Crippen LogP) is 4.64. The van der Waals surface area contributed by atoms with Gasteiger partial charge in [0.15, 0.2) is 0 Å². The zero-order valence-electron chi connectivity index (χ0n) is 15.2. The number of anilines is 2. The monoisotopic (exact) mass is 337 g/mol. The van der Waals surface area contributed by atoms with E-state index in [2.05, 4.69) is 11.9 Å². The van der Waals surface area contributed by atoms with Gasteiger partial charge in [-0.15, -0.1) is 0 Å². The number of hydrogen-bond donors (Lipinski definition) is 0. The number of pyridine rings is 1. The van der Waals surface area contributed by atoms with Gasteiger partial charge in [0.2, 0.25) is 0 Å². The number of para-hydroxylation sites is 1. The zero-order valence-corrected chi connectivity index (χ0v) is 15.2. The molecule has 25 heavy (non-hydrogen) atoms. The van der Waals surface area contributed by atoms with Gasteiger partial charge in [0, 0.05) is 31.5 Å². The Morgan fingerprint density at radius 2 is 1.80 bits per heavy atom. The minimum Gasteiger partial charge on any atom is -0.336 e. The van der Waals surface area contributed by atoms with Crippen LogP contribution in [-0.2, 0) is 0 Å². The molecule has 1 amide bonds. The Bertz CT molecular complexity index is 678. The maximum atomic E-state index is 12.9. The van der Waals surface area contributed by atoms with Crippen LogP contribution >= 0.6 is 0 Å². The molecule has 1 aromatic carbocycles. The lowest BCUT2D eigenvalue weighted by Gasteiger charge is -2.33. The summed E-state index contributed by atoms with van der Waals surface area (Å²) in [6.07, 6.45) is 7.72. The van der Waals surface area contributed by atoms with E-state index in [1.807, 2.05) is 59.3 Å². The summed E-state index contributed by atoms with van der Waals surface area (Å²) < 4.78 is 0. The third kappa shape index (κ3) is 4.01. The maximum absolute atomic E-state index is 12.9. The molecule has 4 nitrogen and oxygen atoms in total. The van der Waals surface area contributed by atoms with E-state index in [1.54, 1.807) is 6.20 Å². The fourth-order valence-electron chi connectivity index (χ4n) is 3.62. The highest BCUT2D eigenvalue weighted by Crippen LogP contribution is 2.25. The maximum Gasteiger partial charge on any atom is 0.255 e. The number of amides is 1. The molecule has 4 heteroatoms. The average Bonchev–Trinajstić information content (AvgIpc) is 2.69. The minimum atomic E-state index is 0.107. The van der Waals surface area contributed by atoms with Crippen LogP contribution in [0.1, 0.15) is 49.4 Å². The van der Waals surface area contributed by atoms with E-state index in [0.29, 0.717) is 11.6 Å². The van der Waals surface area contributed by atoms with Crippen LogP contribution in [0, 0.1) is 0 Å². The number of carbonyl (C=O) groups is 1. The summed E-state index contributed by atoms with van der Waals surface area (Å²) in [5, 5.41) is 0. The second-order valence-corrected chi connectivity index (χ2v) is 6.68. The van der Waals surface area contributed by atoms with Gasteiger partial charge < -0.3 is 9.80 Å². The third-order valence-electron chi connectivity index (χ3n) is 5.10. The lowest BCUT2D eigenvalue weighted by Crippen LogP contribution is -2.41. The summed E-state index contributed by atoms with van der Waals surface area (Å²) in [5.74, 6) is 0.944. The van der Waals surface area contributed by atoms with Crippen molar-refractivity contribution in [2.24, 2.45) is 0 Å². The first kappa shape index (κ1) is 17.5. The summed E-state index contributed by atoms with van der Waals surface area (Å²) >= 11 is 0. The minimum absolute atomic E-state index is 0.107. The van der Waals surface area contributed by atoms with Crippen molar-refractivity contribution in [2.75, 3.05) is 18.5 Å². The SMILES string of the molecule is CCN(C(=O)c1ccc(N(C)c2ccccc2)nc1)C1CCCCC1. The largest absolute Gasteiger partial charge is 0.336 e. The standard InChI is InChI=1S/C21H27N3O/c1-3-24(19-12-8-5-9-13-19)21(25)17-14-15-20(22-16-17)23(2)18-10-6-4-7-11-18/h4,6-7,10-11,14-16,19H,3,5,8-9,12-13H2,1-2H3. The second-order valence-electron chi connectivity index (χ2n) is 6.68. The predicted molar refractivity (Wildman–Crippen MR) is 102 cm³/mol. The van der Waals surface area contributed by atoms with E-state index in [0.717, 1.165) is 30.9 Å². The number of benzene rings is 1. The summed E-state index contributed by atoms with van der Waals surface area (Å²) in [6, 6.07) is 14.3. The topological polar surface area (TPSA) is 36.4 Å². The first-order valence-electron chi connectivity index (χ1n) is 9.26. The molecule has 2 aromatic rings. The molecule has 132 valence electrons. The number of nitrogens with zero attached hydrogens (tertiary/aromatic N) is 3. The van der Waals surface area contributed by atoms with E-state index >= 15 is 0 Å². The highest BCUT2D eigenvalue weighted by atomic mass is 16.2. The van der Waals surface area contributed by atoms with Crippen LogP contribution in [0.4, 0.5) is 11.5 Å². The Labute approximate surface area is 150 Å². The van der Waals surface area contributed by atoms with Gasteiger partial charge in [-0.2, -0.15) is 0 Å². The third-order valence-corrected chi connectivity index (χ3v) is 5.10. The molecule has 1 aliphatic carbocycles. The van der Waals surface area contributed by atoms with E-state index in [9.17, 15) is 4.79 Å². The van der Waals surface area contributed by atoms with E-state index < -0.39 is 0 Å². The number of rotatable bonds is 5. The van der Waals surface area contributed by atoms with Crippen LogP contribution in [0.5, 0.6) is 0 Å². The lowest BCUT2D eigenvalue weighted by atomic mass is 9.94. The Kier molecular flexibility index (Phi) is 5.69. The van der Waals surface area contributed by atoms with Gasteiger partial charge in [-0.3, -0.25) is 4.79 Å². The lowest BCUT2D eigenvalue weighted by molar-refractivity contribution is 0.0647.